The van der Waals surface area contributed by atoms with Crippen LogP contribution in [0.5, 0.6) is 0 Å². The maximum absolute atomic E-state index is 11.0. The number of rotatable bonds is 7. The van der Waals surface area contributed by atoms with Gasteiger partial charge in [0, 0.05) is 10.4 Å². The molecule has 33 heavy (non-hydrogen) atoms. The number of pyridine rings is 1. The van der Waals surface area contributed by atoms with E-state index in [1.165, 1.54) is 0 Å². The van der Waals surface area contributed by atoms with Gasteiger partial charge in [-0.3, -0.25) is 0 Å². The Morgan fingerprint density at radius 1 is 0.939 bits per heavy atom. The zero-order chi connectivity index (χ0) is 23.4. The van der Waals surface area contributed by atoms with Crippen LogP contribution < -0.4 is 0 Å². The van der Waals surface area contributed by atoms with Crippen molar-refractivity contribution in [3.05, 3.63) is 112 Å². The summed E-state index contributed by atoms with van der Waals surface area (Å²) in [5, 5.41) is 23.2. The van der Waals surface area contributed by atoms with E-state index < -0.39 is 11.7 Å². The molecule has 0 aliphatic rings. The molecule has 1 heterocycles. The molecule has 4 aromatic rings. The molecule has 0 unspecified atom stereocenters. The summed E-state index contributed by atoms with van der Waals surface area (Å²) < 4.78 is 0. The third kappa shape index (κ3) is 5.69. The summed E-state index contributed by atoms with van der Waals surface area (Å²) in [7, 11) is 0. The number of aliphatic hydroxyl groups excluding tert-OH is 1. The van der Waals surface area contributed by atoms with Gasteiger partial charge in [-0.05, 0) is 73.2 Å². The number of nitrogens with zero attached hydrogens (tertiary/aromatic N) is 1. The van der Waals surface area contributed by atoms with Crippen molar-refractivity contribution in [1.82, 2.24) is 4.98 Å². The molecule has 4 heteroatoms. The second-order valence-electron chi connectivity index (χ2n) is 8.81. The monoisotopic (exact) mass is 457 g/mol. The molecule has 168 valence electrons. The lowest BCUT2D eigenvalue weighted by Gasteiger charge is -2.22. The van der Waals surface area contributed by atoms with Crippen molar-refractivity contribution in [2.75, 3.05) is 0 Å². The molecule has 0 aliphatic heterocycles. The Morgan fingerprint density at radius 2 is 1.67 bits per heavy atom. The van der Waals surface area contributed by atoms with Gasteiger partial charge < -0.3 is 10.2 Å². The lowest BCUT2D eigenvalue weighted by Crippen LogP contribution is -2.18. The minimum absolute atomic E-state index is 0.560. The van der Waals surface area contributed by atoms with Gasteiger partial charge in [0.25, 0.3) is 0 Å². The van der Waals surface area contributed by atoms with E-state index in [4.69, 9.17) is 11.6 Å². The number of fused-ring (bicyclic) bond motifs is 1. The number of aryl methyl sites for hydroxylation is 1. The average Bonchev–Trinajstić information content (AvgIpc) is 2.80. The van der Waals surface area contributed by atoms with Crippen LogP contribution in [0.25, 0.3) is 23.1 Å². The van der Waals surface area contributed by atoms with E-state index >= 15 is 0 Å². The largest absolute Gasteiger partial charge is 0.388 e. The minimum atomic E-state index is -0.917. The molecule has 0 saturated carbocycles. The number of benzene rings is 3. The molecule has 1 aromatic heterocycles. The van der Waals surface area contributed by atoms with E-state index in [0.717, 1.165) is 38.9 Å². The Balaban J connectivity index is 1.53. The summed E-state index contributed by atoms with van der Waals surface area (Å²) in [6, 6.07) is 25.4. The van der Waals surface area contributed by atoms with Crippen LogP contribution in [0.1, 0.15) is 54.3 Å². The highest BCUT2D eigenvalue weighted by Crippen LogP contribution is 2.28. The first kappa shape index (κ1) is 23.2. The number of halogens is 1. The van der Waals surface area contributed by atoms with Gasteiger partial charge in [0.05, 0.1) is 22.9 Å². The maximum atomic E-state index is 11.0. The summed E-state index contributed by atoms with van der Waals surface area (Å²) in [5.41, 5.74) is 4.53. The quantitative estimate of drug-likeness (QED) is 0.315. The van der Waals surface area contributed by atoms with Crippen molar-refractivity contribution < 1.29 is 10.2 Å². The molecule has 3 aromatic carbocycles. The van der Waals surface area contributed by atoms with E-state index in [0.29, 0.717) is 17.9 Å². The van der Waals surface area contributed by atoms with Crippen LogP contribution in [0.2, 0.25) is 5.02 Å². The van der Waals surface area contributed by atoms with E-state index in [9.17, 15) is 10.2 Å². The molecule has 1 atom stereocenters. The fourth-order valence-corrected chi connectivity index (χ4v) is 4.29. The average molecular weight is 458 g/mol. The van der Waals surface area contributed by atoms with Crippen LogP contribution in [-0.2, 0) is 12.0 Å². The summed E-state index contributed by atoms with van der Waals surface area (Å²) in [6.07, 6.45) is 4.55. The van der Waals surface area contributed by atoms with Gasteiger partial charge in [-0.15, -0.1) is 0 Å². The van der Waals surface area contributed by atoms with Crippen LogP contribution in [0.3, 0.4) is 0 Å². The first-order chi connectivity index (χ1) is 15.8. The molecule has 0 fully saturated rings. The minimum Gasteiger partial charge on any atom is -0.388 e. The Morgan fingerprint density at radius 3 is 2.48 bits per heavy atom. The first-order valence-corrected chi connectivity index (χ1v) is 11.5. The molecular weight excluding hydrogens is 430 g/mol. The number of aromatic nitrogens is 1. The second kappa shape index (κ2) is 9.88. The SMILES string of the molecule is CC(C)(O)c1ccccc1CC[C@H](O)c1ccccc1C=Cc1ccc2ccc(Cl)cc2n1. The lowest BCUT2D eigenvalue weighted by atomic mass is 9.89. The third-order valence-corrected chi connectivity index (χ3v) is 6.06. The van der Waals surface area contributed by atoms with Gasteiger partial charge in [0.15, 0.2) is 0 Å². The lowest BCUT2D eigenvalue weighted by molar-refractivity contribution is 0.0772. The van der Waals surface area contributed by atoms with Crippen LogP contribution in [0.15, 0.2) is 78.9 Å². The highest BCUT2D eigenvalue weighted by Gasteiger charge is 2.20. The molecule has 0 aliphatic carbocycles. The molecule has 0 bridgehead atoms. The van der Waals surface area contributed by atoms with Crippen LogP contribution in [-0.4, -0.2) is 15.2 Å². The smallest absolute Gasteiger partial charge is 0.0843 e. The van der Waals surface area contributed by atoms with Crippen molar-refractivity contribution in [2.24, 2.45) is 0 Å². The molecule has 4 rings (SSSR count). The highest BCUT2D eigenvalue weighted by atomic mass is 35.5. The number of hydrogen-bond donors (Lipinski definition) is 2. The Bertz CT molecular complexity index is 1290. The van der Waals surface area contributed by atoms with Gasteiger partial charge in [-0.25, -0.2) is 4.98 Å². The fraction of sp³-hybridized carbons (Fsp3) is 0.207. The molecule has 0 radical (unpaired) electrons. The molecule has 0 spiro atoms. The summed E-state index contributed by atoms with van der Waals surface area (Å²) in [6.45, 7) is 3.58. The second-order valence-corrected chi connectivity index (χ2v) is 9.24. The summed E-state index contributed by atoms with van der Waals surface area (Å²) >= 11 is 6.11. The highest BCUT2D eigenvalue weighted by molar-refractivity contribution is 6.31. The van der Waals surface area contributed by atoms with Gasteiger partial charge in [-0.2, -0.15) is 0 Å². The van der Waals surface area contributed by atoms with Crippen molar-refractivity contribution in [3.8, 4) is 0 Å². The van der Waals surface area contributed by atoms with Crippen LogP contribution in [0, 0.1) is 0 Å². The van der Waals surface area contributed by atoms with Gasteiger partial charge >= 0.3 is 0 Å². The van der Waals surface area contributed by atoms with Crippen molar-refractivity contribution in [3.63, 3.8) is 0 Å². The van der Waals surface area contributed by atoms with Gasteiger partial charge in [-0.1, -0.05) is 78.3 Å². The van der Waals surface area contributed by atoms with E-state index in [1.807, 2.05) is 91.0 Å². The predicted octanol–water partition coefficient (Wildman–Crippen LogP) is 6.95. The molecule has 3 nitrogen and oxygen atoms in total. The van der Waals surface area contributed by atoms with Gasteiger partial charge in [0.1, 0.15) is 0 Å². The third-order valence-electron chi connectivity index (χ3n) is 5.83. The Labute approximate surface area is 200 Å². The molecule has 2 N–H and O–H groups in total. The van der Waals surface area contributed by atoms with Crippen LogP contribution in [0.4, 0.5) is 0 Å². The zero-order valence-electron chi connectivity index (χ0n) is 18.9. The van der Waals surface area contributed by atoms with Crippen molar-refractivity contribution in [2.45, 2.75) is 38.4 Å². The number of hydrogen-bond acceptors (Lipinski definition) is 3. The van der Waals surface area contributed by atoms with Crippen LogP contribution >= 0.6 is 11.6 Å². The Kier molecular flexibility index (Phi) is 6.94. The molecule has 0 amide bonds. The maximum Gasteiger partial charge on any atom is 0.0843 e. The topological polar surface area (TPSA) is 53.4 Å². The van der Waals surface area contributed by atoms with E-state index in [-0.39, 0.29) is 0 Å². The van der Waals surface area contributed by atoms with Crippen molar-refractivity contribution in [1.29, 1.82) is 0 Å². The van der Waals surface area contributed by atoms with E-state index in [2.05, 4.69) is 4.98 Å². The van der Waals surface area contributed by atoms with E-state index in [1.54, 1.807) is 13.8 Å². The fourth-order valence-electron chi connectivity index (χ4n) is 4.12. The Hall–Kier alpha value is -2.98. The summed E-state index contributed by atoms with van der Waals surface area (Å²) in [4.78, 5) is 4.68. The van der Waals surface area contributed by atoms with Gasteiger partial charge in [0.2, 0.25) is 0 Å². The zero-order valence-corrected chi connectivity index (χ0v) is 19.6. The predicted molar refractivity (Wildman–Crippen MR) is 137 cm³/mol. The molecular formula is C29H28ClNO2. The normalized spacial score (nSPS) is 13.0. The standard InChI is InChI=1S/C29H28ClNO2/c1-29(2,33)26-10-6-4-8-21(26)14-18-28(32)25-9-5-3-7-20(25)12-16-24-17-13-22-11-15-23(30)19-27(22)31-24/h3-13,15-17,19,28,32-33H,14,18H2,1-2H3/t28-/m0/s1. The number of aliphatic hydroxyl groups is 2. The molecule has 0 saturated heterocycles. The first-order valence-electron chi connectivity index (χ1n) is 11.1. The summed E-state index contributed by atoms with van der Waals surface area (Å²) in [5.74, 6) is 0. The van der Waals surface area contributed by atoms with Crippen molar-refractivity contribution >= 4 is 34.7 Å².